The molecular weight excluding hydrogens is 246 g/mol. The summed E-state index contributed by atoms with van der Waals surface area (Å²) in [4.78, 5) is 23.3. The number of carbonyl (C=O) groups excluding carboxylic acids is 1. The van der Waals surface area contributed by atoms with Gasteiger partial charge in [0.15, 0.2) is 0 Å². The van der Waals surface area contributed by atoms with Crippen molar-refractivity contribution in [3.05, 3.63) is 17.5 Å². The molecule has 0 radical (unpaired) electrons. The SMILES string of the molecule is CCC(CC)(CNC(=O)c1cc(C)nn1C)C(=O)O. The number of aryl methyl sites for hydroxylation is 2. The largest absolute Gasteiger partial charge is 0.481 e. The van der Waals surface area contributed by atoms with Gasteiger partial charge in [-0.1, -0.05) is 13.8 Å². The van der Waals surface area contributed by atoms with Crippen LogP contribution in [-0.2, 0) is 11.8 Å². The maximum atomic E-state index is 12.0. The molecular formula is C13H21N3O3. The molecule has 6 heteroatoms. The number of aliphatic carboxylic acids is 1. The monoisotopic (exact) mass is 267 g/mol. The van der Waals surface area contributed by atoms with Gasteiger partial charge in [0.2, 0.25) is 0 Å². The van der Waals surface area contributed by atoms with Crippen molar-refractivity contribution < 1.29 is 14.7 Å². The van der Waals surface area contributed by atoms with Gasteiger partial charge >= 0.3 is 5.97 Å². The third kappa shape index (κ3) is 3.13. The molecule has 0 saturated heterocycles. The van der Waals surface area contributed by atoms with E-state index in [2.05, 4.69) is 10.4 Å². The number of carboxylic acid groups (broad SMARTS) is 1. The molecule has 0 aromatic carbocycles. The van der Waals surface area contributed by atoms with Crippen molar-refractivity contribution in [3.63, 3.8) is 0 Å². The molecule has 0 unspecified atom stereocenters. The number of carboxylic acids is 1. The van der Waals surface area contributed by atoms with Crippen molar-refractivity contribution in [1.29, 1.82) is 0 Å². The average molecular weight is 267 g/mol. The number of hydrogen-bond acceptors (Lipinski definition) is 3. The minimum Gasteiger partial charge on any atom is -0.481 e. The van der Waals surface area contributed by atoms with E-state index in [4.69, 9.17) is 0 Å². The zero-order valence-corrected chi connectivity index (χ0v) is 11.9. The van der Waals surface area contributed by atoms with Gasteiger partial charge in [-0.15, -0.1) is 0 Å². The predicted octanol–water partition coefficient (Wildman–Crippen LogP) is 1.35. The molecule has 0 aliphatic rings. The molecule has 1 aromatic heterocycles. The second kappa shape index (κ2) is 5.86. The lowest BCUT2D eigenvalue weighted by Crippen LogP contribution is -2.42. The first-order valence-electron chi connectivity index (χ1n) is 6.38. The number of aromatic nitrogens is 2. The molecule has 0 spiro atoms. The topological polar surface area (TPSA) is 84.2 Å². The van der Waals surface area contributed by atoms with Gasteiger partial charge in [-0.25, -0.2) is 0 Å². The Kier molecular flexibility index (Phi) is 4.69. The van der Waals surface area contributed by atoms with Gasteiger partial charge in [-0.05, 0) is 25.8 Å². The van der Waals surface area contributed by atoms with Crippen LogP contribution in [-0.4, -0.2) is 33.3 Å². The molecule has 1 amide bonds. The van der Waals surface area contributed by atoms with Crippen LogP contribution in [0.1, 0.15) is 42.9 Å². The zero-order chi connectivity index (χ0) is 14.6. The van der Waals surface area contributed by atoms with Crippen molar-refractivity contribution in [2.75, 3.05) is 6.54 Å². The number of rotatable bonds is 6. The van der Waals surface area contributed by atoms with Gasteiger partial charge < -0.3 is 10.4 Å². The number of carbonyl (C=O) groups is 2. The van der Waals surface area contributed by atoms with Crippen LogP contribution in [0.5, 0.6) is 0 Å². The van der Waals surface area contributed by atoms with Crippen molar-refractivity contribution in [3.8, 4) is 0 Å². The molecule has 1 rings (SSSR count). The molecule has 2 N–H and O–H groups in total. The highest BCUT2D eigenvalue weighted by Crippen LogP contribution is 2.25. The van der Waals surface area contributed by atoms with Crippen molar-refractivity contribution in [1.82, 2.24) is 15.1 Å². The number of nitrogens with one attached hydrogen (secondary N) is 1. The molecule has 19 heavy (non-hydrogen) atoms. The van der Waals surface area contributed by atoms with Gasteiger partial charge in [0.25, 0.3) is 5.91 Å². The van der Waals surface area contributed by atoms with Crippen LogP contribution in [0.25, 0.3) is 0 Å². The van der Waals surface area contributed by atoms with Crippen LogP contribution >= 0.6 is 0 Å². The Morgan fingerprint density at radius 2 is 2.00 bits per heavy atom. The predicted molar refractivity (Wildman–Crippen MR) is 70.9 cm³/mol. The molecule has 1 heterocycles. The van der Waals surface area contributed by atoms with E-state index in [1.165, 1.54) is 4.68 Å². The Morgan fingerprint density at radius 1 is 1.42 bits per heavy atom. The summed E-state index contributed by atoms with van der Waals surface area (Å²) in [5, 5.41) is 16.1. The van der Waals surface area contributed by atoms with Gasteiger partial charge in [0.05, 0.1) is 11.1 Å². The number of amides is 1. The summed E-state index contributed by atoms with van der Waals surface area (Å²) in [5.74, 6) is -1.17. The van der Waals surface area contributed by atoms with E-state index in [9.17, 15) is 14.7 Å². The first-order chi connectivity index (χ1) is 8.86. The lowest BCUT2D eigenvalue weighted by atomic mass is 9.82. The number of nitrogens with zero attached hydrogens (tertiary/aromatic N) is 2. The minimum atomic E-state index is -0.900. The second-order valence-corrected chi connectivity index (χ2v) is 4.77. The summed E-state index contributed by atoms with van der Waals surface area (Å²) in [6, 6.07) is 1.68. The quantitative estimate of drug-likeness (QED) is 0.814. The van der Waals surface area contributed by atoms with Crippen LogP contribution in [0.3, 0.4) is 0 Å². The highest BCUT2D eigenvalue weighted by Gasteiger charge is 2.35. The fourth-order valence-corrected chi connectivity index (χ4v) is 2.04. The summed E-state index contributed by atoms with van der Waals surface area (Å²) in [6.45, 7) is 5.56. The van der Waals surface area contributed by atoms with Crippen LogP contribution in [0.2, 0.25) is 0 Å². The van der Waals surface area contributed by atoms with Gasteiger partial charge in [-0.3, -0.25) is 14.3 Å². The average Bonchev–Trinajstić information content (AvgIpc) is 2.69. The highest BCUT2D eigenvalue weighted by atomic mass is 16.4. The highest BCUT2D eigenvalue weighted by molar-refractivity contribution is 5.93. The standard InChI is InChI=1S/C13H21N3O3/c1-5-13(6-2,12(18)19)8-14-11(17)10-7-9(3)15-16(10)4/h7H,5-6,8H2,1-4H3,(H,14,17)(H,18,19). The summed E-state index contributed by atoms with van der Waals surface area (Å²) in [6.07, 6.45) is 0.951. The molecule has 106 valence electrons. The first kappa shape index (κ1) is 15.2. The molecule has 0 aliphatic heterocycles. The van der Waals surface area contributed by atoms with Crippen LogP contribution in [0.15, 0.2) is 6.07 Å². The third-order valence-corrected chi connectivity index (χ3v) is 3.63. The lowest BCUT2D eigenvalue weighted by molar-refractivity contribution is -0.149. The van der Waals surface area contributed by atoms with Gasteiger partial charge in [0, 0.05) is 13.6 Å². The maximum Gasteiger partial charge on any atom is 0.311 e. The van der Waals surface area contributed by atoms with Crippen molar-refractivity contribution in [2.45, 2.75) is 33.6 Å². The molecule has 0 fully saturated rings. The molecule has 0 bridgehead atoms. The Morgan fingerprint density at radius 3 is 2.37 bits per heavy atom. The summed E-state index contributed by atoms with van der Waals surface area (Å²) in [7, 11) is 1.69. The van der Waals surface area contributed by atoms with E-state index in [1.807, 2.05) is 13.8 Å². The minimum absolute atomic E-state index is 0.123. The normalized spacial score (nSPS) is 11.4. The number of hydrogen-bond donors (Lipinski definition) is 2. The molecule has 0 aliphatic carbocycles. The Balaban J connectivity index is 2.78. The van der Waals surface area contributed by atoms with Crippen molar-refractivity contribution in [2.24, 2.45) is 12.5 Å². The summed E-state index contributed by atoms with van der Waals surface area (Å²) >= 11 is 0. The van der Waals surface area contributed by atoms with E-state index in [-0.39, 0.29) is 12.5 Å². The maximum absolute atomic E-state index is 12.0. The Hall–Kier alpha value is -1.85. The van der Waals surface area contributed by atoms with E-state index >= 15 is 0 Å². The molecule has 6 nitrogen and oxygen atoms in total. The fraction of sp³-hybridized carbons (Fsp3) is 0.615. The molecule has 1 aromatic rings. The van der Waals surface area contributed by atoms with Crippen LogP contribution in [0, 0.1) is 12.3 Å². The lowest BCUT2D eigenvalue weighted by Gasteiger charge is -2.26. The van der Waals surface area contributed by atoms with Gasteiger partial charge in [-0.2, -0.15) is 5.10 Å². The first-order valence-corrected chi connectivity index (χ1v) is 6.38. The van der Waals surface area contributed by atoms with Crippen LogP contribution in [0.4, 0.5) is 0 Å². The van der Waals surface area contributed by atoms with Crippen molar-refractivity contribution >= 4 is 11.9 Å². The zero-order valence-electron chi connectivity index (χ0n) is 11.9. The second-order valence-electron chi connectivity index (χ2n) is 4.77. The van der Waals surface area contributed by atoms with Crippen LogP contribution < -0.4 is 5.32 Å². The Bertz CT molecular complexity index is 475. The smallest absolute Gasteiger partial charge is 0.311 e. The van der Waals surface area contributed by atoms with Gasteiger partial charge in [0.1, 0.15) is 5.69 Å². The third-order valence-electron chi connectivity index (χ3n) is 3.63. The summed E-state index contributed by atoms with van der Waals surface area (Å²) in [5.41, 5.74) is 0.288. The fourth-order valence-electron chi connectivity index (χ4n) is 2.04. The van der Waals surface area contributed by atoms with E-state index < -0.39 is 11.4 Å². The Labute approximate surface area is 112 Å². The molecule has 0 saturated carbocycles. The van der Waals surface area contributed by atoms with E-state index in [0.29, 0.717) is 18.5 Å². The van der Waals surface area contributed by atoms with E-state index in [0.717, 1.165) is 5.69 Å². The molecule has 0 atom stereocenters. The van der Waals surface area contributed by atoms with E-state index in [1.54, 1.807) is 20.0 Å². The summed E-state index contributed by atoms with van der Waals surface area (Å²) < 4.78 is 1.49.